The molecule has 17 heavy (non-hydrogen) atoms. The summed E-state index contributed by atoms with van der Waals surface area (Å²) in [4.78, 5) is 4.19. The second-order valence-corrected chi connectivity index (χ2v) is 4.46. The van der Waals surface area contributed by atoms with Crippen LogP contribution in [0.25, 0.3) is 5.65 Å². The number of nitrogens with zero attached hydrogens (tertiary/aromatic N) is 3. The van der Waals surface area contributed by atoms with Gasteiger partial charge in [-0.3, -0.25) is 4.40 Å². The summed E-state index contributed by atoms with van der Waals surface area (Å²) < 4.78 is 1.79. The summed E-state index contributed by atoms with van der Waals surface area (Å²) >= 11 is 6.37. The Bertz CT molecular complexity index is 593. The van der Waals surface area contributed by atoms with Gasteiger partial charge in [-0.05, 0) is 30.9 Å². The molecule has 0 aromatic carbocycles. The highest BCUT2D eigenvalue weighted by Crippen LogP contribution is 2.27. The maximum Gasteiger partial charge on any atom is 0.156 e. The Morgan fingerprint density at radius 1 is 1.53 bits per heavy atom. The van der Waals surface area contributed by atoms with Crippen LogP contribution in [0.1, 0.15) is 36.5 Å². The summed E-state index contributed by atoms with van der Waals surface area (Å²) in [7, 11) is 0. The van der Waals surface area contributed by atoms with Crippen LogP contribution in [0.5, 0.6) is 0 Å². The predicted octanol–water partition coefficient (Wildman–Crippen LogP) is 3.51. The number of imidazole rings is 1. The van der Waals surface area contributed by atoms with E-state index in [1.807, 2.05) is 6.92 Å². The minimum Gasteiger partial charge on any atom is -0.289 e. The largest absolute Gasteiger partial charge is 0.289 e. The maximum absolute atomic E-state index is 9.23. The highest BCUT2D eigenvalue weighted by molar-refractivity contribution is 6.30. The summed E-state index contributed by atoms with van der Waals surface area (Å²) in [5, 5.41) is 9.91. The molecule has 2 aromatic rings. The average Bonchev–Trinajstić information content (AvgIpc) is 2.79. The first kappa shape index (κ1) is 11.9. The van der Waals surface area contributed by atoms with Crippen LogP contribution in [0.15, 0.2) is 12.4 Å². The maximum atomic E-state index is 9.23. The van der Waals surface area contributed by atoms with Crippen molar-refractivity contribution in [3.8, 4) is 6.07 Å². The number of hydrogen-bond acceptors (Lipinski definition) is 2. The van der Waals surface area contributed by atoms with E-state index in [0.717, 1.165) is 30.4 Å². The van der Waals surface area contributed by atoms with E-state index in [-0.39, 0.29) is 0 Å². The Morgan fingerprint density at radius 2 is 2.29 bits per heavy atom. The van der Waals surface area contributed by atoms with Gasteiger partial charge in [-0.2, -0.15) is 5.26 Å². The molecule has 0 unspecified atom stereocenters. The molecule has 0 aliphatic heterocycles. The molecule has 88 valence electrons. The summed E-state index contributed by atoms with van der Waals surface area (Å²) in [5.74, 6) is 0. The minimum atomic E-state index is 0.630. The first-order valence-corrected chi connectivity index (χ1v) is 6.12. The zero-order valence-electron chi connectivity index (χ0n) is 10.00. The third-order valence-electron chi connectivity index (χ3n) is 3.04. The van der Waals surface area contributed by atoms with Crippen molar-refractivity contribution >= 4 is 17.2 Å². The predicted molar refractivity (Wildman–Crippen MR) is 68.3 cm³/mol. The molecular formula is C13H14ClN3. The van der Waals surface area contributed by atoms with Crippen LogP contribution in [-0.4, -0.2) is 9.38 Å². The Morgan fingerprint density at radius 3 is 2.94 bits per heavy atom. The number of fused-ring (bicyclic) bond motifs is 1. The normalized spacial score (nSPS) is 10.7. The van der Waals surface area contributed by atoms with E-state index >= 15 is 0 Å². The van der Waals surface area contributed by atoms with Crippen LogP contribution >= 0.6 is 11.6 Å². The van der Waals surface area contributed by atoms with Gasteiger partial charge >= 0.3 is 0 Å². The Labute approximate surface area is 106 Å². The number of pyridine rings is 1. The van der Waals surface area contributed by atoms with Crippen LogP contribution < -0.4 is 0 Å². The first-order chi connectivity index (χ1) is 8.20. The quantitative estimate of drug-likeness (QED) is 0.779. The van der Waals surface area contributed by atoms with E-state index in [2.05, 4.69) is 18.0 Å². The van der Waals surface area contributed by atoms with E-state index in [0.29, 0.717) is 16.4 Å². The molecule has 0 saturated heterocycles. The zero-order valence-corrected chi connectivity index (χ0v) is 10.8. The molecule has 0 spiro atoms. The third-order valence-corrected chi connectivity index (χ3v) is 3.45. The van der Waals surface area contributed by atoms with Gasteiger partial charge in [-0.15, -0.1) is 0 Å². The summed E-state index contributed by atoms with van der Waals surface area (Å²) in [5.41, 5.74) is 3.31. The molecule has 0 fully saturated rings. The fourth-order valence-corrected chi connectivity index (χ4v) is 2.42. The summed E-state index contributed by atoms with van der Waals surface area (Å²) in [6.45, 7) is 4.09. The molecule has 0 saturated carbocycles. The molecular weight excluding hydrogens is 234 g/mol. The van der Waals surface area contributed by atoms with Gasteiger partial charge < -0.3 is 0 Å². The summed E-state index contributed by atoms with van der Waals surface area (Å²) in [6.07, 6.45) is 6.56. The minimum absolute atomic E-state index is 0.630. The smallest absolute Gasteiger partial charge is 0.156 e. The topological polar surface area (TPSA) is 41.1 Å². The van der Waals surface area contributed by atoms with Crippen LogP contribution in [-0.2, 0) is 6.42 Å². The average molecular weight is 248 g/mol. The zero-order chi connectivity index (χ0) is 12.4. The lowest BCUT2D eigenvalue weighted by Crippen LogP contribution is -2.02. The fourth-order valence-electron chi connectivity index (χ4n) is 2.04. The van der Waals surface area contributed by atoms with Crippen molar-refractivity contribution in [2.45, 2.75) is 33.1 Å². The van der Waals surface area contributed by atoms with Gasteiger partial charge in [0, 0.05) is 12.4 Å². The van der Waals surface area contributed by atoms with E-state index < -0.39 is 0 Å². The van der Waals surface area contributed by atoms with Gasteiger partial charge in [0.25, 0.3) is 0 Å². The molecule has 3 nitrogen and oxygen atoms in total. The molecule has 2 rings (SSSR count). The highest BCUT2D eigenvalue weighted by atomic mass is 35.5. The lowest BCUT2D eigenvalue weighted by atomic mass is 10.0. The monoisotopic (exact) mass is 247 g/mol. The number of hydrogen-bond donors (Lipinski definition) is 0. The van der Waals surface area contributed by atoms with Crippen LogP contribution in [0.4, 0.5) is 0 Å². The number of rotatable bonds is 3. The highest BCUT2D eigenvalue weighted by Gasteiger charge is 2.15. The van der Waals surface area contributed by atoms with E-state index in [1.165, 1.54) is 0 Å². The lowest BCUT2D eigenvalue weighted by Gasteiger charge is -2.12. The number of nitriles is 1. The molecule has 0 aliphatic rings. The second kappa shape index (κ2) is 4.77. The van der Waals surface area contributed by atoms with Gasteiger partial charge in [0.2, 0.25) is 0 Å². The lowest BCUT2D eigenvalue weighted by molar-refractivity contribution is 0.786. The van der Waals surface area contributed by atoms with Gasteiger partial charge in [-0.1, -0.05) is 24.9 Å². The van der Waals surface area contributed by atoms with Gasteiger partial charge in [0.15, 0.2) is 5.65 Å². The van der Waals surface area contributed by atoms with E-state index in [4.69, 9.17) is 11.6 Å². The van der Waals surface area contributed by atoms with Crippen molar-refractivity contribution in [1.82, 2.24) is 9.38 Å². The molecule has 0 radical (unpaired) electrons. The van der Waals surface area contributed by atoms with Crippen molar-refractivity contribution in [1.29, 1.82) is 5.26 Å². The molecule has 0 aliphatic carbocycles. The Balaban J connectivity index is 2.70. The van der Waals surface area contributed by atoms with Crippen LogP contribution in [0, 0.1) is 18.3 Å². The second-order valence-electron chi connectivity index (χ2n) is 4.11. The van der Waals surface area contributed by atoms with Crippen molar-refractivity contribution in [2.24, 2.45) is 0 Å². The summed E-state index contributed by atoms with van der Waals surface area (Å²) in [6, 6.07) is 2.23. The molecule has 4 heteroatoms. The van der Waals surface area contributed by atoms with Crippen molar-refractivity contribution in [2.75, 3.05) is 0 Å². The Kier molecular flexibility index (Phi) is 3.35. The van der Waals surface area contributed by atoms with Crippen molar-refractivity contribution < 1.29 is 0 Å². The molecule has 0 N–H and O–H groups in total. The first-order valence-electron chi connectivity index (χ1n) is 5.74. The number of halogens is 1. The third kappa shape index (κ3) is 1.89. The number of aromatic nitrogens is 2. The molecule has 0 amide bonds. The molecule has 0 atom stereocenters. The van der Waals surface area contributed by atoms with Crippen LogP contribution in [0.3, 0.4) is 0 Å². The standard InChI is InChI=1S/C13H14ClN3/c1-3-4-5-10-9(2)11(8-15)13-16-6-7-17(13)12(10)14/h6-7H,3-5H2,1-2H3. The molecule has 0 bridgehead atoms. The SMILES string of the molecule is CCCCc1c(C)c(C#N)c2nccn2c1Cl. The van der Waals surface area contributed by atoms with Gasteiger partial charge in [0.05, 0.1) is 5.56 Å². The molecule has 2 heterocycles. The van der Waals surface area contributed by atoms with Crippen LogP contribution in [0.2, 0.25) is 5.15 Å². The van der Waals surface area contributed by atoms with Gasteiger partial charge in [0.1, 0.15) is 11.2 Å². The number of unbranched alkanes of at least 4 members (excludes halogenated alkanes) is 1. The van der Waals surface area contributed by atoms with E-state index in [1.54, 1.807) is 16.8 Å². The fraction of sp³-hybridized carbons (Fsp3) is 0.385. The van der Waals surface area contributed by atoms with Crippen molar-refractivity contribution in [3.05, 3.63) is 34.2 Å². The Hall–Kier alpha value is -1.53. The molecule has 2 aromatic heterocycles. The van der Waals surface area contributed by atoms with E-state index in [9.17, 15) is 5.26 Å². The van der Waals surface area contributed by atoms with Gasteiger partial charge in [-0.25, -0.2) is 4.98 Å². The van der Waals surface area contributed by atoms with Crippen molar-refractivity contribution in [3.63, 3.8) is 0 Å².